The quantitative estimate of drug-likeness (QED) is 0.268. The van der Waals surface area contributed by atoms with Gasteiger partial charge in [0.25, 0.3) is 0 Å². The number of carbonyl (C=O) groups is 4. The fourth-order valence-electron chi connectivity index (χ4n) is 3.03. The zero-order chi connectivity index (χ0) is 24.1. The Bertz CT molecular complexity index is 762. The van der Waals surface area contributed by atoms with E-state index in [2.05, 4.69) is 16.0 Å². The first-order valence-corrected chi connectivity index (χ1v) is 12.0. The van der Waals surface area contributed by atoms with Crippen LogP contribution < -0.4 is 21.7 Å². The van der Waals surface area contributed by atoms with Gasteiger partial charge >= 0.3 is 5.97 Å². The van der Waals surface area contributed by atoms with Crippen molar-refractivity contribution in [3.05, 3.63) is 35.9 Å². The molecule has 4 unspecified atom stereocenters. The molecule has 0 heterocycles. The molecule has 178 valence electrons. The first kappa shape index (κ1) is 27.4. The molecule has 0 bridgehead atoms. The Balaban J connectivity index is 3.00. The molecule has 0 aliphatic carbocycles. The smallest absolute Gasteiger partial charge is 0.326 e. The molecule has 0 saturated heterocycles. The van der Waals surface area contributed by atoms with Crippen LogP contribution in [0, 0.1) is 5.92 Å². The van der Waals surface area contributed by atoms with E-state index in [9.17, 15) is 24.3 Å². The number of aliphatic carboxylic acids is 1. The van der Waals surface area contributed by atoms with Gasteiger partial charge in [0.2, 0.25) is 17.7 Å². The molecule has 0 spiro atoms. The monoisotopic (exact) mass is 466 g/mol. The number of thioether (sulfide) groups is 1. The standard InChI is InChI=1S/C22H34N4O5S/c1-4-14(2)19(22(30)31)26-20(28)16(10-11-32-3)25-21(29)17(24-18(27)13-23)12-15-8-6-5-7-9-15/h5-9,14,16-17,19H,4,10-13,23H2,1-3H3,(H,24,27)(H,25,29)(H,26,28)(H,30,31). The second-order valence-corrected chi connectivity index (χ2v) is 8.55. The minimum Gasteiger partial charge on any atom is -0.480 e. The summed E-state index contributed by atoms with van der Waals surface area (Å²) in [4.78, 5) is 49.4. The normalized spacial score (nSPS) is 14.5. The lowest BCUT2D eigenvalue weighted by Crippen LogP contribution is -2.57. The molecule has 0 radical (unpaired) electrons. The van der Waals surface area contributed by atoms with Crippen LogP contribution in [-0.4, -0.2) is 65.5 Å². The Morgan fingerprint density at radius 3 is 2.19 bits per heavy atom. The third kappa shape index (κ3) is 9.27. The van der Waals surface area contributed by atoms with Crippen molar-refractivity contribution in [1.29, 1.82) is 0 Å². The molecule has 0 aliphatic heterocycles. The molecule has 9 nitrogen and oxygen atoms in total. The zero-order valence-electron chi connectivity index (χ0n) is 18.8. The number of rotatable bonds is 14. The summed E-state index contributed by atoms with van der Waals surface area (Å²) < 4.78 is 0. The van der Waals surface area contributed by atoms with E-state index in [0.717, 1.165) is 5.56 Å². The maximum absolute atomic E-state index is 13.0. The van der Waals surface area contributed by atoms with Gasteiger partial charge < -0.3 is 26.8 Å². The Hall–Kier alpha value is -2.59. The predicted molar refractivity (Wildman–Crippen MR) is 125 cm³/mol. The van der Waals surface area contributed by atoms with Crippen LogP contribution >= 0.6 is 11.8 Å². The number of carboxylic acid groups (broad SMARTS) is 1. The van der Waals surface area contributed by atoms with Crippen molar-refractivity contribution < 1.29 is 24.3 Å². The molecule has 0 saturated carbocycles. The van der Waals surface area contributed by atoms with Crippen LogP contribution in [0.1, 0.15) is 32.3 Å². The lowest BCUT2D eigenvalue weighted by Gasteiger charge is -2.26. The largest absolute Gasteiger partial charge is 0.480 e. The first-order valence-electron chi connectivity index (χ1n) is 10.6. The second kappa shape index (κ2) is 14.5. The summed E-state index contributed by atoms with van der Waals surface area (Å²) in [5, 5.41) is 17.3. The molecule has 0 fully saturated rings. The molecular weight excluding hydrogens is 432 g/mol. The number of carboxylic acids is 1. The van der Waals surface area contributed by atoms with Gasteiger partial charge in [-0.05, 0) is 29.9 Å². The van der Waals surface area contributed by atoms with E-state index in [1.165, 1.54) is 11.8 Å². The highest BCUT2D eigenvalue weighted by molar-refractivity contribution is 7.98. The van der Waals surface area contributed by atoms with Gasteiger partial charge in [0.05, 0.1) is 6.54 Å². The number of carbonyl (C=O) groups excluding carboxylic acids is 3. The number of amides is 3. The van der Waals surface area contributed by atoms with E-state index < -0.39 is 41.8 Å². The van der Waals surface area contributed by atoms with Gasteiger partial charge in [-0.15, -0.1) is 0 Å². The predicted octanol–water partition coefficient (Wildman–Crippen LogP) is 0.526. The second-order valence-electron chi connectivity index (χ2n) is 7.57. The topological polar surface area (TPSA) is 151 Å². The van der Waals surface area contributed by atoms with Gasteiger partial charge in [0.15, 0.2) is 0 Å². The molecule has 6 N–H and O–H groups in total. The molecule has 1 aromatic rings. The third-order valence-corrected chi connectivity index (χ3v) is 5.78. The van der Waals surface area contributed by atoms with Crippen molar-refractivity contribution in [2.24, 2.45) is 11.7 Å². The summed E-state index contributed by atoms with van der Waals surface area (Å²) in [6.07, 6.45) is 2.98. The molecule has 0 aliphatic rings. The van der Waals surface area contributed by atoms with Crippen LogP contribution in [-0.2, 0) is 25.6 Å². The fraction of sp³-hybridized carbons (Fsp3) is 0.545. The number of hydrogen-bond acceptors (Lipinski definition) is 6. The van der Waals surface area contributed by atoms with Gasteiger partial charge in [-0.1, -0.05) is 50.6 Å². The van der Waals surface area contributed by atoms with E-state index in [0.29, 0.717) is 18.6 Å². The molecule has 10 heteroatoms. The number of benzene rings is 1. The van der Waals surface area contributed by atoms with Crippen molar-refractivity contribution in [1.82, 2.24) is 16.0 Å². The average molecular weight is 467 g/mol. The molecule has 3 amide bonds. The third-order valence-electron chi connectivity index (χ3n) is 5.14. The van der Waals surface area contributed by atoms with Gasteiger partial charge in [-0.2, -0.15) is 11.8 Å². The first-order chi connectivity index (χ1) is 15.2. The van der Waals surface area contributed by atoms with E-state index in [-0.39, 0.29) is 18.9 Å². The summed E-state index contributed by atoms with van der Waals surface area (Å²) in [7, 11) is 0. The molecule has 32 heavy (non-hydrogen) atoms. The maximum Gasteiger partial charge on any atom is 0.326 e. The Morgan fingerprint density at radius 1 is 1.03 bits per heavy atom. The van der Waals surface area contributed by atoms with E-state index in [1.807, 2.05) is 43.5 Å². The SMILES string of the molecule is CCC(C)C(NC(=O)C(CCSC)NC(=O)C(Cc1ccccc1)NC(=O)CN)C(=O)O. The van der Waals surface area contributed by atoms with Crippen molar-refractivity contribution in [2.45, 2.75) is 51.2 Å². The van der Waals surface area contributed by atoms with Crippen molar-refractivity contribution in [3.63, 3.8) is 0 Å². The van der Waals surface area contributed by atoms with Crippen LogP contribution in [0.4, 0.5) is 0 Å². The maximum atomic E-state index is 13.0. The van der Waals surface area contributed by atoms with Crippen LogP contribution in [0.2, 0.25) is 0 Å². The van der Waals surface area contributed by atoms with Crippen LogP contribution in [0.25, 0.3) is 0 Å². The molecular formula is C22H34N4O5S. The minimum absolute atomic E-state index is 0.222. The van der Waals surface area contributed by atoms with E-state index in [4.69, 9.17) is 5.73 Å². The zero-order valence-corrected chi connectivity index (χ0v) is 19.6. The van der Waals surface area contributed by atoms with Crippen molar-refractivity contribution in [3.8, 4) is 0 Å². The number of hydrogen-bond donors (Lipinski definition) is 5. The highest BCUT2D eigenvalue weighted by Gasteiger charge is 2.31. The molecule has 0 aromatic heterocycles. The highest BCUT2D eigenvalue weighted by atomic mass is 32.2. The fourth-order valence-corrected chi connectivity index (χ4v) is 3.50. The number of nitrogens with two attached hydrogens (primary N) is 1. The van der Waals surface area contributed by atoms with Crippen LogP contribution in [0.3, 0.4) is 0 Å². The van der Waals surface area contributed by atoms with Crippen molar-refractivity contribution >= 4 is 35.5 Å². The average Bonchev–Trinajstić information content (AvgIpc) is 2.79. The number of nitrogens with one attached hydrogen (secondary N) is 3. The summed E-state index contributed by atoms with van der Waals surface area (Å²) in [5.41, 5.74) is 6.22. The summed E-state index contributed by atoms with van der Waals surface area (Å²) >= 11 is 1.50. The van der Waals surface area contributed by atoms with Crippen molar-refractivity contribution in [2.75, 3.05) is 18.6 Å². The Labute approximate surface area is 193 Å². The van der Waals surface area contributed by atoms with Crippen LogP contribution in [0.15, 0.2) is 30.3 Å². The van der Waals surface area contributed by atoms with Gasteiger partial charge in [0, 0.05) is 6.42 Å². The summed E-state index contributed by atoms with van der Waals surface area (Å²) in [6, 6.07) is 6.23. The summed E-state index contributed by atoms with van der Waals surface area (Å²) in [5.74, 6) is -2.41. The molecule has 1 aromatic carbocycles. The van der Waals surface area contributed by atoms with Gasteiger partial charge in [-0.3, -0.25) is 14.4 Å². The van der Waals surface area contributed by atoms with E-state index in [1.54, 1.807) is 6.92 Å². The van der Waals surface area contributed by atoms with E-state index >= 15 is 0 Å². The lowest BCUT2D eigenvalue weighted by atomic mass is 9.98. The lowest BCUT2D eigenvalue weighted by molar-refractivity contribution is -0.143. The molecule has 1 rings (SSSR count). The summed E-state index contributed by atoms with van der Waals surface area (Å²) in [6.45, 7) is 3.31. The highest BCUT2D eigenvalue weighted by Crippen LogP contribution is 2.10. The Kier molecular flexibility index (Phi) is 12.4. The molecule has 4 atom stereocenters. The van der Waals surface area contributed by atoms with Gasteiger partial charge in [-0.25, -0.2) is 4.79 Å². The van der Waals surface area contributed by atoms with Gasteiger partial charge in [0.1, 0.15) is 18.1 Å². The Morgan fingerprint density at radius 2 is 1.66 bits per heavy atom. The van der Waals surface area contributed by atoms with Crippen LogP contribution in [0.5, 0.6) is 0 Å². The minimum atomic E-state index is -1.13.